The van der Waals surface area contributed by atoms with Crippen LogP contribution in [0.3, 0.4) is 0 Å². The van der Waals surface area contributed by atoms with E-state index in [-0.39, 0.29) is 17.4 Å². The molecule has 40 heavy (non-hydrogen) atoms. The van der Waals surface area contributed by atoms with E-state index in [0.717, 1.165) is 36.2 Å². The van der Waals surface area contributed by atoms with Crippen LogP contribution < -0.4 is 0 Å². The maximum atomic E-state index is 15.3. The van der Waals surface area contributed by atoms with Gasteiger partial charge >= 0.3 is 0 Å². The molecule has 0 heterocycles. The van der Waals surface area contributed by atoms with Gasteiger partial charge in [-0.05, 0) is 128 Å². The van der Waals surface area contributed by atoms with E-state index in [4.69, 9.17) is 11.6 Å². The zero-order chi connectivity index (χ0) is 28.2. The summed E-state index contributed by atoms with van der Waals surface area (Å²) in [7, 11) is 0. The first-order valence-corrected chi connectivity index (χ1v) is 16.0. The second-order valence-electron chi connectivity index (χ2n) is 12.7. The molecule has 0 nitrogen and oxygen atoms in total. The number of unbranched alkanes of at least 4 members (excludes halogenated alkanes) is 2. The molecule has 2 aromatic rings. The zero-order valence-corrected chi connectivity index (χ0v) is 24.5. The van der Waals surface area contributed by atoms with Crippen molar-refractivity contribution in [1.82, 2.24) is 0 Å². The number of benzene rings is 2. The minimum Gasteiger partial charge on any atom is -0.206 e. The fourth-order valence-corrected chi connectivity index (χ4v) is 7.97. The van der Waals surface area contributed by atoms with Gasteiger partial charge in [-0.3, -0.25) is 0 Å². The summed E-state index contributed by atoms with van der Waals surface area (Å²) in [6.07, 6.45) is 18.6. The lowest BCUT2D eigenvalue weighted by atomic mass is 9.68. The molecule has 0 radical (unpaired) electrons. The van der Waals surface area contributed by atoms with Gasteiger partial charge in [0.05, 0.1) is 0 Å². The van der Waals surface area contributed by atoms with Crippen LogP contribution in [0.2, 0.25) is 5.02 Å². The molecule has 2 fully saturated rings. The third-order valence-electron chi connectivity index (χ3n) is 10.3. The largest absolute Gasteiger partial charge is 0.206 e. The molecule has 0 aromatic heterocycles. The molecule has 0 amide bonds. The van der Waals surface area contributed by atoms with Crippen LogP contribution in [0.15, 0.2) is 30.3 Å². The van der Waals surface area contributed by atoms with Crippen LogP contribution in [0, 0.1) is 41.0 Å². The Kier molecular flexibility index (Phi) is 9.97. The van der Waals surface area contributed by atoms with Gasteiger partial charge < -0.3 is 0 Å². The van der Waals surface area contributed by atoms with Crippen molar-refractivity contribution in [3.63, 3.8) is 0 Å². The molecular weight excluding hydrogens is 532 g/mol. The van der Waals surface area contributed by atoms with Crippen LogP contribution in [0.5, 0.6) is 0 Å². The summed E-state index contributed by atoms with van der Waals surface area (Å²) in [6.45, 7) is 2.27. The third kappa shape index (κ3) is 6.80. The normalized spacial score (nSPS) is 27.4. The lowest BCUT2D eigenvalue weighted by molar-refractivity contribution is 0.155. The Balaban J connectivity index is 1.17. The first-order valence-electron chi connectivity index (χ1n) is 15.7. The highest BCUT2D eigenvalue weighted by Gasteiger charge is 2.32. The number of hydrogen-bond acceptors (Lipinski definition) is 0. The van der Waals surface area contributed by atoms with Gasteiger partial charge in [-0.1, -0.05) is 63.1 Å². The van der Waals surface area contributed by atoms with Gasteiger partial charge in [-0.15, -0.1) is 0 Å². The lowest BCUT2D eigenvalue weighted by Crippen LogP contribution is -2.25. The quantitative estimate of drug-likeness (QED) is 0.167. The molecule has 5 heteroatoms. The second-order valence-corrected chi connectivity index (χ2v) is 13.1. The van der Waals surface area contributed by atoms with E-state index >= 15 is 8.78 Å². The van der Waals surface area contributed by atoms with Crippen LogP contribution in [0.1, 0.15) is 132 Å². The summed E-state index contributed by atoms with van der Waals surface area (Å²) in [5, 5.41) is -0.506. The molecule has 3 aliphatic rings. The highest BCUT2D eigenvalue weighted by molar-refractivity contribution is 6.30. The summed E-state index contributed by atoms with van der Waals surface area (Å²) in [5.41, 5.74) is 2.02. The fraction of sp³-hybridized carbons (Fsp3) is 0.600. The lowest BCUT2D eigenvalue weighted by Gasteiger charge is -2.38. The van der Waals surface area contributed by atoms with Gasteiger partial charge in [0.15, 0.2) is 0 Å². The Hall–Kier alpha value is -1.81. The summed E-state index contributed by atoms with van der Waals surface area (Å²) >= 11 is 5.62. The topological polar surface area (TPSA) is 0 Å². The molecule has 3 aliphatic carbocycles. The van der Waals surface area contributed by atoms with Crippen molar-refractivity contribution in [2.75, 3.05) is 0 Å². The Bertz CT molecular complexity index is 1140. The number of allylic oxidation sites excluding steroid dienone is 2. The molecule has 218 valence electrons. The van der Waals surface area contributed by atoms with E-state index in [9.17, 15) is 8.78 Å². The standard InChI is InChI=1S/C35H43ClF4/c1-2-3-4-5-22-6-8-23(9-7-22)24-10-12-25(13-11-24)28-18-30(37)34(31(38)19-28)27-16-14-26(15-17-27)29-20-32(39)35(36)33(40)21-29/h16,18-26H,2-15,17H2,1H3. The summed E-state index contributed by atoms with van der Waals surface area (Å²) in [5.74, 6) is 0.0974. The van der Waals surface area contributed by atoms with Crippen molar-refractivity contribution in [2.24, 2.45) is 17.8 Å². The van der Waals surface area contributed by atoms with Crippen molar-refractivity contribution in [1.29, 1.82) is 0 Å². The number of hydrogen-bond donors (Lipinski definition) is 0. The van der Waals surface area contributed by atoms with Crippen LogP contribution >= 0.6 is 11.6 Å². The minimum absolute atomic E-state index is 0.0556. The SMILES string of the molecule is CCCCCC1CCC(C2CCC(c3cc(F)c(C4=CCC(c5cc(F)c(Cl)c(F)c5)CC4)c(F)c3)CC2)CC1. The molecule has 5 rings (SSSR count). The molecule has 2 saturated carbocycles. The van der Waals surface area contributed by atoms with Crippen molar-refractivity contribution in [2.45, 2.75) is 115 Å². The van der Waals surface area contributed by atoms with Gasteiger partial charge in [0, 0.05) is 5.56 Å². The average Bonchev–Trinajstić information content (AvgIpc) is 2.96. The van der Waals surface area contributed by atoms with E-state index < -0.39 is 28.3 Å². The monoisotopic (exact) mass is 574 g/mol. The van der Waals surface area contributed by atoms with Crippen molar-refractivity contribution >= 4 is 17.2 Å². The predicted octanol–water partition coefficient (Wildman–Crippen LogP) is 11.9. The first-order chi connectivity index (χ1) is 19.3. The van der Waals surface area contributed by atoms with E-state index in [1.807, 2.05) is 6.08 Å². The maximum Gasteiger partial charge on any atom is 0.145 e. The molecule has 0 aliphatic heterocycles. The highest BCUT2D eigenvalue weighted by atomic mass is 35.5. The molecule has 0 bridgehead atoms. The van der Waals surface area contributed by atoms with Gasteiger partial charge in [0.25, 0.3) is 0 Å². The third-order valence-corrected chi connectivity index (χ3v) is 10.7. The maximum absolute atomic E-state index is 15.3. The minimum atomic E-state index is -0.779. The Morgan fingerprint density at radius 2 is 1.23 bits per heavy atom. The van der Waals surface area contributed by atoms with Crippen molar-refractivity contribution in [3.8, 4) is 0 Å². The summed E-state index contributed by atoms with van der Waals surface area (Å²) in [4.78, 5) is 0. The Labute approximate surface area is 242 Å². The molecule has 1 atom stereocenters. The summed E-state index contributed by atoms with van der Waals surface area (Å²) in [6, 6.07) is 5.64. The Morgan fingerprint density at radius 1 is 0.675 bits per heavy atom. The molecule has 1 unspecified atom stereocenters. The summed E-state index contributed by atoms with van der Waals surface area (Å²) < 4.78 is 58.5. The smallest absolute Gasteiger partial charge is 0.145 e. The van der Waals surface area contributed by atoms with Crippen molar-refractivity contribution < 1.29 is 17.6 Å². The zero-order valence-electron chi connectivity index (χ0n) is 23.8. The predicted molar refractivity (Wildman–Crippen MR) is 157 cm³/mol. The van der Waals surface area contributed by atoms with Gasteiger partial charge in [-0.2, -0.15) is 0 Å². The molecule has 0 saturated heterocycles. The molecule has 0 spiro atoms. The van der Waals surface area contributed by atoms with Gasteiger partial charge in [0.1, 0.15) is 28.3 Å². The molecule has 2 aromatic carbocycles. The van der Waals surface area contributed by atoms with Gasteiger partial charge in [-0.25, -0.2) is 17.6 Å². The number of halogens is 5. The highest BCUT2D eigenvalue weighted by Crippen LogP contribution is 2.46. The Morgan fingerprint density at radius 3 is 1.77 bits per heavy atom. The van der Waals surface area contributed by atoms with Crippen LogP contribution in [-0.2, 0) is 0 Å². The van der Waals surface area contributed by atoms with Crippen LogP contribution in [-0.4, -0.2) is 0 Å². The van der Waals surface area contributed by atoms with Crippen molar-refractivity contribution in [3.05, 3.63) is 75.3 Å². The van der Waals surface area contributed by atoms with E-state index in [1.54, 1.807) is 12.1 Å². The van der Waals surface area contributed by atoms with Crippen LogP contribution in [0.25, 0.3) is 5.57 Å². The van der Waals surface area contributed by atoms with E-state index in [2.05, 4.69) is 6.92 Å². The number of rotatable bonds is 8. The van der Waals surface area contributed by atoms with Crippen LogP contribution in [0.4, 0.5) is 17.6 Å². The average molecular weight is 575 g/mol. The first kappa shape index (κ1) is 29.7. The fourth-order valence-electron chi connectivity index (χ4n) is 7.87. The molecular formula is C35H43ClF4. The van der Waals surface area contributed by atoms with Gasteiger partial charge in [0.2, 0.25) is 0 Å². The van der Waals surface area contributed by atoms with E-state index in [0.29, 0.717) is 30.4 Å². The van der Waals surface area contributed by atoms with E-state index in [1.165, 1.54) is 76.3 Å². The molecule has 0 N–H and O–H groups in total. The second kappa shape index (κ2) is 13.4.